The molecule has 0 radical (unpaired) electrons. The topological polar surface area (TPSA) is 72.9 Å². The Morgan fingerprint density at radius 1 is 1.41 bits per heavy atom. The van der Waals surface area contributed by atoms with E-state index in [4.69, 9.17) is 5.73 Å². The smallest absolute Gasteiger partial charge is 0.241 e. The molecule has 17 heavy (non-hydrogen) atoms. The van der Waals surface area contributed by atoms with Crippen LogP contribution < -0.4 is 11.1 Å². The van der Waals surface area contributed by atoms with Gasteiger partial charge in [0.05, 0.1) is 17.4 Å². The highest BCUT2D eigenvalue weighted by Crippen LogP contribution is 2.22. The molecule has 3 N–H and O–H groups in total. The van der Waals surface area contributed by atoms with Gasteiger partial charge in [0.15, 0.2) is 0 Å². The zero-order chi connectivity index (χ0) is 13.2. The van der Waals surface area contributed by atoms with E-state index < -0.39 is 6.04 Å². The summed E-state index contributed by atoms with van der Waals surface area (Å²) in [6, 6.07) is -0.491. The lowest BCUT2D eigenvalue weighted by Crippen LogP contribution is -2.39. The van der Waals surface area contributed by atoms with E-state index in [2.05, 4.69) is 10.4 Å². The maximum atomic E-state index is 11.9. The monoisotopic (exact) mass is 238 g/mol. The van der Waals surface area contributed by atoms with Gasteiger partial charge in [-0.05, 0) is 11.8 Å². The van der Waals surface area contributed by atoms with Crippen LogP contribution in [-0.4, -0.2) is 21.7 Å². The number of nitrogens with zero attached hydrogens (tertiary/aromatic N) is 2. The van der Waals surface area contributed by atoms with Crippen molar-refractivity contribution in [2.24, 2.45) is 18.7 Å². The van der Waals surface area contributed by atoms with Gasteiger partial charge in [0, 0.05) is 13.2 Å². The quantitative estimate of drug-likeness (QED) is 0.834. The minimum Gasteiger partial charge on any atom is -0.322 e. The van der Waals surface area contributed by atoms with Crippen molar-refractivity contribution in [3.8, 4) is 0 Å². The molecule has 1 amide bonds. The van der Waals surface area contributed by atoms with E-state index in [0.29, 0.717) is 0 Å². The molecule has 1 aromatic rings. The lowest BCUT2D eigenvalue weighted by Gasteiger charge is -2.15. The first kappa shape index (κ1) is 13.7. The number of hydrogen-bond acceptors (Lipinski definition) is 3. The van der Waals surface area contributed by atoms with Crippen molar-refractivity contribution in [3.63, 3.8) is 0 Å². The second-order valence-electron chi connectivity index (χ2n) is 5.02. The zero-order valence-corrected chi connectivity index (χ0v) is 11.2. The van der Waals surface area contributed by atoms with Crippen molar-refractivity contribution in [2.45, 2.75) is 39.7 Å². The number of carbonyl (C=O) groups excluding carboxylic acids is 1. The molecule has 0 aliphatic rings. The number of aromatic nitrogens is 2. The van der Waals surface area contributed by atoms with Gasteiger partial charge in [0.25, 0.3) is 0 Å². The Morgan fingerprint density at radius 2 is 2.00 bits per heavy atom. The van der Waals surface area contributed by atoms with Crippen LogP contribution >= 0.6 is 0 Å². The van der Waals surface area contributed by atoms with Crippen molar-refractivity contribution >= 4 is 11.6 Å². The van der Waals surface area contributed by atoms with E-state index in [1.807, 2.05) is 34.7 Å². The summed E-state index contributed by atoms with van der Waals surface area (Å²) in [5.74, 6) is 0.228. The Kier molecular flexibility index (Phi) is 4.28. The second-order valence-corrected chi connectivity index (χ2v) is 5.02. The molecule has 0 saturated carbocycles. The molecule has 0 aliphatic carbocycles. The lowest BCUT2D eigenvalue weighted by atomic mass is 10.0. The third kappa shape index (κ3) is 3.30. The highest BCUT2D eigenvalue weighted by atomic mass is 16.2. The number of nitrogens with two attached hydrogens (primary N) is 1. The van der Waals surface area contributed by atoms with Crippen molar-refractivity contribution in [1.82, 2.24) is 9.78 Å². The molecule has 0 fully saturated rings. The molecule has 0 aromatic carbocycles. The number of carbonyl (C=O) groups is 1. The number of anilines is 1. The van der Waals surface area contributed by atoms with Gasteiger partial charge in [-0.25, -0.2) is 0 Å². The Morgan fingerprint density at radius 3 is 2.47 bits per heavy atom. The number of nitrogens with one attached hydrogen (secondary N) is 1. The molecule has 5 heteroatoms. The number of hydrogen-bond donors (Lipinski definition) is 2. The first-order valence-electron chi connectivity index (χ1n) is 5.93. The number of rotatable bonds is 4. The summed E-state index contributed by atoms with van der Waals surface area (Å²) in [4.78, 5) is 11.9. The van der Waals surface area contributed by atoms with Gasteiger partial charge in [0.2, 0.25) is 5.91 Å². The molecule has 96 valence electrons. The number of aryl methyl sites for hydroxylation is 1. The SMILES string of the molecule is CC(C)c1nn(C)cc1NC(=O)[C@H](N)C(C)C. The first-order valence-corrected chi connectivity index (χ1v) is 5.93. The third-order valence-electron chi connectivity index (χ3n) is 2.68. The molecule has 0 bridgehead atoms. The number of amides is 1. The highest BCUT2D eigenvalue weighted by molar-refractivity contribution is 5.95. The van der Waals surface area contributed by atoms with Gasteiger partial charge in [-0.2, -0.15) is 5.10 Å². The fourth-order valence-electron chi connectivity index (χ4n) is 1.55. The molecular formula is C12H22N4O. The van der Waals surface area contributed by atoms with E-state index in [-0.39, 0.29) is 17.7 Å². The summed E-state index contributed by atoms with van der Waals surface area (Å²) >= 11 is 0. The summed E-state index contributed by atoms with van der Waals surface area (Å²) in [6.45, 7) is 7.94. The normalized spacial score (nSPS) is 13.2. The van der Waals surface area contributed by atoms with Gasteiger partial charge in [-0.3, -0.25) is 9.48 Å². The third-order valence-corrected chi connectivity index (χ3v) is 2.68. The standard InChI is InChI=1S/C12H22N4O/c1-7(2)10(13)12(17)14-9-6-16(5)15-11(9)8(3)4/h6-8,10H,13H2,1-5H3,(H,14,17)/t10-/m1/s1. The Hall–Kier alpha value is -1.36. The van der Waals surface area contributed by atoms with E-state index >= 15 is 0 Å². The summed E-state index contributed by atoms with van der Waals surface area (Å²) < 4.78 is 1.70. The van der Waals surface area contributed by atoms with Crippen LogP contribution in [0.1, 0.15) is 39.3 Å². The molecular weight excluding hydrogens is 216 g/mol. The van der Waals surface area contributed by atoms with Crippen molar-refractivity contribution in [2.75, 3.05) is 5.32 Å². The van der Waals surface area contributed by atoms with Crippen LogP contribution in [-0.2, 0) is 11.8 Å². The van der Waals surface area contributed by atoms with E-state index in [1.165, 1.54) is 0 Å². The average Bonchev–Trinajstić information content (AvgIpc) is 2.58. The summed E-state index contributed by atoms with van der Waals surface area (Å²) in [7, 11) is 1.84. The predicted molar refractivity (Wildman–Crippen MR) is 68.7 cm³/mol. The van der Waals surface area contributed by atoms with Gasteiger partial charge in [0.1, 0.15) is 0 Å². The predicted octanol–water partition coefficient (Wildman–Crippen LogP) is 1.47. The van der Waals surface area contributed by atoms with Crippen molar-refractivity contribution < 1.29 is 4.79 Å². The highest BCUT2D eigenvalue weighted by Gasteiger charge is 2.20. The minimum atomic E-state index is -0.491. The minimum absolute atomic E-state index is 0.120. The first-order chi connectivity index (χ1) is 7.82. The zero-order valence-electron chi connectivity index (χ0n) is 11.2. The van der Waals surface area contributed by atoms with Gasteiger partial charge >= 0.3 is 0 Å². The van der Waals surface area contributed by atoms with Crippen LogP contribution in [0, 0.1) is 5.92 Å². The van der Waals surface area contributed by atoms with E-state index in [9.17, 15) is 4.79 Å². The van der Waals surface area contributed by atoms with Crippen LogP contribution in [0.5, 0.6) is 0 Å². The average molecular weight is 238 g/mol. The largest absolute Gasteiger partial charge is 0.322 e. The van der Waals surface area contributed by atoms with Gasteiger partial charge in [-0.15, -0.1) is 0 Å². The molecule has 5 nitrogen and oxygen atoms in total. The lowest BCUT2D eigenvalue weighted by molar-refractivity contribution is -0.118. The Labute approximate surface area is 102 Å². The molecule has 1 aromatic heterocycles. The molecule has 0 saturated heterocycles. The molecule has 1 heterocycles. The maximum Gasteiger partial charge on any atom is 0.241 e. The molecule has 0 spiro atoms. The summed E-state index contributed by atoms with van der Waals surface area (Å²) in [5.41, 5.74) is 7.44. The van der Waals surface area contributed by atoms with E-state index in [1.54, 1.807) is 10.9 Å². The van der Waals surface area contributed by atoms with Gasteiger partial charge < -0.3 is 11.1 Å². The maximum absolute atomic E-state index is 11.9. The molecule has 0 aliphatic heterocycles. The second kappa shape index (κ2) is 5.31. The fraction of sp³-hybridized carbons (Fsp3) is 0.667. The Bertz CT molecular complexity index is 395. The van der Waals surface area contributed by atoms with Crippen LogP contribution in [0.25, 0.3) is 0 Å². The Balaban J connectivity index is 2.84. The van der Waals surface area contributed by atoms with Crippen LogP contribution in [0.15, 0.2) is 6.20 Å². The van der Waals surface area contributed by atoms with Gasteiger partial charge in [-0.1, -0.05) is 27.7 Å². The van der Waals surface area contributed by atoms with Crippen LogP contribution in [0.4, 0.5) is 5.69 Å². The van der Waals surface area contributed by atoms with E-state index in [0.717, 1.165) is 11.4 Å². The van der Waals surface area contributed by atoms with Crippen molar-refractivity contribution in [1.29, 1.82) is 0 Å². The van der Waals surface area contributed by atoms with Crippen LogP contribution in [0.3, 0.4) is 0 Å². The summed E-state index contributed by atoms with van der Waals surface area (Å²) in [5, 5.41) is 7.18. The summed E-state index contributed by atoms with van der Waals surface area (Å²) in [6.07, 6.45) is 1.81. The fourth-order valence-corrected chi connectivity index (χ4v) is 1.55. The molecule has 0 unspecified atom stereocenters. The van der Waals surface area contributed by atoms with Crippen LogP contribution in [0.2, 0.25) is 0 Å². The van der Waals surface area contributed by atoms with Crippen molar-refractivity contribution in [3.05, 3.63) is 11.9 Å². The molecule has 1 atom stereocenters. The molecule has 1 rings (SSSR count).